The van der Waals surface area contributed by atoms with Gasteiger partial charge in [0.05, 0.1) is 19.3 Å². The van der Waals surface area contributed by atoms with Crippen LogP contribution in [0.4, 0.5) is 0 Å². The van der Waals surface area contributed by atoms with Gasteiger partial charge in [0, 0.05) is 6.54 Å². The summed E-state index contributed by atoms with van der Waals surface area (Å²) in [7, 11) is 0. The number of rotatable bonds is 10. The first kappa shape index (κ1) is 14.6. The summed E-state index contributed by atoms with van der Waals surface area (Å²) in [6.45, 7) is 11.6. The molecule has 0 rings (SSSR count). The van der Waals surface area contributed by atoms with Crippen molar-refractivity contribution in [3.8, 4) is 0 Å². The molecule has 0 radical (unpaired) electrons. The van der Waals surface area contributed by atoms with Crippen molar-refractivity contribution >= 4 is 0 Å². The van der Waals surface area contributed by atoms with Crippen LogP contribution in [0, 0.1) is 0 Å². The molecule has 1 atom stereocenters. The molecule has 0 saturated heterocycles. The normalized spacial score (nSPS) is 13.1. The standard InChI is InChI=1S/C12H25NO2/c1-4-7-13(8-5-2)10-12(14)11-15-9-6-3/h6,12,14H,3-5,7-11H2,1-2H3. The van der Waals surface area contributed by atoms with Gasteiger partial charge in [0.2, 0.25) is 0 Å². The van der Waals surface area contributed by atoms with Gasteiger partial charge in [0.1, 0.15) is 0 Å². The maximum atomic E-state index is 9.70. The number of ether oxygens (including phenoxy) is 1. The van der Waals surface area contributed by atoms with Gasteiger partial charge < -0.3 is 14.7 Å². The first-order valence-corrected chi connectivity index (χ1v) is 5.83. The van der Waals surface area contributed by atoms with E-state index in [9.17, 15) is 5.11 Å². The van der Waals surface area contributed by atoms with Crippen molar-refractivity contribution in [3.63, 3.8) is 0 Å². The second-order valence-electron chi connectivity index (χ2n) is 3.78. The Kier molecular flexibility index (Phi) is 9.89. The summed E-state index contributed by atoms with van der Waals surface area (Å²) in [6.07, 6.45) is 3.56. The Morgan fingerprint density at radius 3 is 2.40 bits per heavy atom. The minimum atomic E-state index is -0.386. The first-order valence-electron chi connectivity index (χ1n) is 5.83. The third kappa shape index (κ3) is 8.60. The molecule has 15 heavy (non-hydrogen) atoms. The van der Waals surface area contributed by atoms with Crippen LogP contribution >= 0.6 is 0 Å². The largest absolute Gasteiger partial charge is 0.389 e. The van der Waals surface area contributed by atoms with Crippen LogP contribution in [0.1, 0.15) is 26.7 Å². The van der Waals surface area contributed by atoms with Crippen LogP contribution < -0.4 is 0 Å². The number of hydrogen-bond acceptors (Lipinski definition) is 3. The fraction of sp³-hybridized carbons (Fsp3) is 0.833. The number of hydrogen-bond donors (Lipinski definition) is 1. The average molecular weight is 215 g/mol. The Hall–Kier alpha value is -0.380. The molecule has 3 nitrogen and oxygen atoms in total. The first-order chi connectivity index (χ1) is 7.24. The minimum Gasteiger partial charge on any atom is -0.389 e. The summed E-state index contributed by atoms with van der Waals surface area (Å²) in [6, 6.07) is 0. The molecule has 0 saturated carbocycles. The van der Waals surface area contributed by atoms with E-state index < -0.39 is 0 Å². The lowest BCUT2D eigenvalue weighted by Crippen LogP contribution is -2.36. The highest BCUT2D eigenvalue weighted by Gasteiger charge is 2.09. The van der Waals surface area contributed by atoms with Gasteiger partial charge in [-0.1, -0.05) is 19.9 Å². The third-order valence-electron chi connectivity index (χ3n) is 2.09. The highest BCUT2D eigenvalue weighted by atomic mass is 16.5. The van der Waals surface area contributed by atoms with E-state index in [1.54, 1.807) is 6.08 Å². The maximum absolute atomic E-state index is 9.70. The minimum absolute atomic E-state index is 0.386. The molecule has 0 aliphatic heterocycles. The number of aliphatic hydroxyl groups excluding tert-OH is 1. The van der Waals surface area contributed by atoms with E-state index in [-0.39, 0.29) is 6.10 Å². The summed E-state index contributed by atoms with van der Waals surface area (Å²) >= 11 is 0. The van der Waals surface area contributed by atoms with Gasteiger partial charge in [-0.15, -0.1) is 6.58 Å². The Balaban J connectivity index is 3.66. The molecular formula is C12H25NO2. The van der Waals surface area contributed by atoms with Crippen molar-refractivity contribution < 1.29 is 9.84 Å². The smallest absolute Gasteiger partial charge is 0.0900 e. The molecule has 90 valence electrons. The molecule has 0 heterocycles. The van der Waals surface area contributed by atoms with Crippen LogP contribution in [0.5, 0.6) is 0 Å². The highest BCUT2D eigenvalue weighted by molar-refractivity contribution is 4.67. The van der Waals surface area contributed by atoms with E-state index in [0.29, 0.717) is 19.8 Å². The zero-order valence-electron chi connectivity index (χ0n) is 10.1. The van der Waals surface area contributed by atoms with Crippen molar-refractivity contribution in [2.24, 2.45) is 0 Å². The highest BCUT2D eigenvalue weighted by Crippen LogP contribution is 1.97. The van der Waals surface area contributed by atoms with Crippen molar-refractivity contribution in [2.45, 2.75) is 32.8 Å². The van der Waals surface area contributed by atoms with Gasteiger partial charge in [0.15, 0.2) is 0 Å². The van der Waals surface area contributed by atoms with E-state index in [1.165, 1.54) is 0 Å². The molecule has 0 spiro atoms. The molecule has 0 bridgehead atoms. The van der Waals surface area contributed by atoms with Crippen LogP contribution in [0.25, 0.3) is 0 Å². The lowest BCUT2D eigenvalue weighted by Gasteiger charge is -2.23. The second-order valence-corrected chi connectivity index (χ2v) is 3.78. The van der Waals surface area contributed by atoms with E-state index in [0.717, 1.165) is 25.9 Å². The van der Waals surface area contributed by atoms with Gasteiger partial charge in [-0.25, -0.2) is 0 Å². The molecule has 1 unspecified atom stereocenters. The Labute approximate surface area is 93.7 Å². The molecule has 0 amide bonds. The molecule has 0 aromatic carbocycles. The fourth-order valence-electron chi connectivity index (χ4n) is 1.56. The van der Waals surface area contributed by atoms with Crippen LogP contribution in [0.3, 0.4) is 0 Å². The third-order valence-corrected chi connectivity index (χ3v) is 2.09. The molecule has 0 fully saturated rings. The summed E-state index contributed by atoms with van der Waals surface area (Å²) in [5.74, 6) is 0. The monoisotopic (exact) mass is 215 g/mol. The van der Waals surface area contributed by atoms with Gasteiger partial charge in [-0.2, -0.15) is 0 Å². The fourth-order valence-corrected chi connectivity index (χ4v) is 1.56. The Bertz CT molecular complexity index is 145. The topological polar surface area (TPSA) is 32.7 Å². The summed E-state index contributed by atoms with van der Waals surface area (Å²) in [4.78, 5) is 2.28. The van der Waals surface area contributed by atoms with Crippen LogP contribution in [-0.2, 0) is 4.74 Å². The van der Waals surface area contributed by atoms with Crippen LogP contribution in [0.2, 0.25) is 0 Å². The van der Waals surface area contributed by atoms with E-state index in [2.05, 4.69) is 25.3 Å². The van der Waals surface area contributed by atoms with Gasteiger partial charge in [-0.3, -0.25) is 0 Å². The van der Waals surface area contributed by atoms with Crippen molar-refractivity contribution in [1.82, 2.24) is 4.90 Å². The second kappa shape index (κ2) is 10.1. The van der Waals surface area contributed by atoms with Gasteiger partial charge >= 0.3 is 0 Å². The van der Waals surface area contributed by atoms with Gasteiger partial charge in [0.25, 0.3) is 0 Å². The zero-order chi connectivity index (χ0) is 11.5. The summed E-state index contributed by atoms with van der Waals surface area (Å²) < 4.78 is 5.21. The molecule has 0 aromatic rings. The zero-order valence-corrected chi connectivity index (χ0v) is 10.1. The molecule has 0 aliphatic rings. The van der Waals surface area contributed by atoms with E-state index in [4.69, 9.17) is 4.74 Å². The maximum Gasteiger partial charge on any atom is 0.0900 e. The van der Waals surface area contributed by atoms with E-state index >= 15 is 0 Å². The van der Waals surface area contributed by atoms with Gasteiger partial charge in [-0.05, 0) is 25.9 Å². The lowest BCUT2D eigenvalue weighted by molar-refractivity contribution is 0.0262. The van der Waals surface area contributed by atoms with Crippen molar-refractivity contribution in [2.75, 3.05) is 32.8 Å². The quantitative estimate of drug-likeness (QED) is 0.444. The van der Waals surface area contributed by atoms with Crippen LogP contribution in [-0.4, -0.2) is 49.0 Å². The summed E-state index contributed by atoms with van der Waals surface area (Å²) in [5, 5.41) is 9.70. The summed E-state index contributed by atoms with van der Waals surface area (Å²) in [5.41, 5.74) is 0. The Morgan fingerprint density at radius 1 is 1.33 bits per heavy atom. The molecule has 3 heteroatoms. The number of nitrogens with zero attached hydrogens (tertiary/aromatic N) is 1. The Morgan fingerprint density at radius 2 is 1.93 bits per heavy atom. The van der Waals surface area contributed by atoms with Crippen molar-refractivity contribution in [1.29, 1.82) is 0 Å². The predicted molar refractivity (Wildman–Crippen MR) is 64.0 cm³/mol. The van der Waals surface area contributed by atoms with Crippen LogP contribution in [0.15, 0.2) is 12.7 Å². The molecule has 1 N–H and O–H groups in total. The molecule has 0 aromatic heterocycles. The predicted octanol–water partition coefficient (Wildman–Crippen LogP) is 1.67. The van der Waals surface area contributed by atoms with Crippen molar-refractivity contribution in [3.05, 3.63) is 12.7 Å². The van der Waals surface area contributed by atoms with E-state index in [1.807, 2.05) is 0 Å². The SMILES string of the molecule is C=CCOCC(O)CN(CCC)CCC. The molecule has 0 aliphatic carbocycles. The lowest BCUT2D eigenvalue weighted by atomic mass is 10.3. The molecular weight excluding hydrogens is 190 g/mol. The number of aliphatic hydroxyl groups is 1. The average Bonchev–Trinajstić information content (AvgIpc) is 2.19.